The van der Waals surface area contributed by atoms with Crippen LogP contribution in [0.3, 0.4) is 0 Å². The molecular weight excluding hydrogens is 447 g/mol. The normalized spacial score (nSPS) is 19.2. The molecule has 1 aliphatic heterocycles. The number of carbonyl (C=O) groups excluding carboxylic acids is 1. The standard InChI is InChI=1S/C22H25ClF3N3O3/c1-14-12-32-13-15(2)29(14)21(31)11-28-19(4-3-9-22(24,25)26)27-18(10-20(28)30)16-5-7-17(23)8-6-16/h5-8,10,14-15H,3-4,9,11-13H2,1-2H3/t14-,15+. The van der Waals surface area contributed by atoms with Crippen LogP contribution in [0, 0.1) is 0 Å². The fourth-order valence-corrected chi connectivity index (χ4v) is 3.97. The van der Waals surface area contributed by atoms with Crippen LogP contribution in [0.15, 0.2) is 35.1 Å². The van der Waals surface area contributed by atoms with Crippen molar-refractivity contribution in [3.8, 4) is 11.3 Å². The number of carbonyl (C=O) groups is 1. The lowest BCUT2D eigenvalue weighted by Gasteiger charge is -2.39. The minimum atomic E-state index is -4.31. The van der Waals surface area contributed by atoms with Gasteiger partial charge in [0.05, 0.1) is 31.0 Å². The number of hydrogen-bond acceptors (Lipinski definition) is 4. The molecule has 0 radical (unpaired) electrons. The molecule has 1 saturated heterocycles. The number of aryl methyl sites for hydroxylation is 1. The monoisotopic (exact) mass is 471 g/mol. The highest BCUT2D eigenvalue weighted by Crippen LogP contribution is 2.24. The molecule has 1 aliphatic rings. The summed E-state index contributed by atoms with van der Waals surface area (Å²) in [5.41, 5.74) is 0.442. The first-order valence-electron chi connectivity index (χ1n) is 10.4. The van der Waals surface area contributed by atoms with Crippen LogP contribution in [0.5, 0.6) is 0 Å². The number of amides is 1. The van der Waals surface area contributed by atoms with Crippen LogP contribution < -0.4 is 5.56 Å². The number of benzene rings is 1. The largest absolute Gasteiger partial charge is 0.389 e. The third-order valence-electron chi connectivity index (χ3n) is 5.34. The maximum absolute atomic E-state index is 13.0. The van der Waals surface area contributed by atoms with Crippen molar-refractivity contribution in [2.45, 2.75) is 57.9 Å². The second kappa shape index (κ2) is 10.0. The first-order valence-corrected chi connectivity index (χ1v) is 10.8. The second-order valence-corrected chi connectivity index (χ2v) is 8.43. The number of rotatable bonds is 6. The minimum absolute atomic E-state index is 0.0856. The highest BCUT2D eigenvalue weighted by atomic mass is 35.5. The van der Waals surface area contributed by atoms with Crippen LogP contribution in [-0.2, 0) is 22.5 Å². The van der Waals surface area contributed by atoms with Gasteiger partial charge in [-0.2, -0.15) is 13.2 Å². The van der Waals surface area contributed by atoms with E-state index in [1.165, 1.54) is 10.6 Å². The number of nitrogens with zero attached hydrogens (tertiary/aromatic N) is 3. The van der Waals surface area contributed by atoms with Gasteiger partial charge in [-0.15, -0.1) is 0 Å². The predicted molar refractivity (Wildman–Crippen MR) is 115 cm³/mol. The zero-order valence-corrected chi connectivity index (χ0v) is 18.6. The van der Waals surface area contributed by atoms with E-state index in [2.05, 4.69) is 4.98 Å². The van der Waals surface area contributed by atoms with Gasteiger partial charge in [-0.05, 0) is 32.4 Å². The predicted octanol–water partition coefficient (Wildman–Crippen LogP) is 4.08. The summed E-state index contributed by atoms with van der Waals surface area (Å²) in [5, 5.41) is 0.506. The van der Waals surface area contributed by atoms with Crippen LogP contribution in [0.1, 0.15) is 32.5 Å². The first-order chi connectivity index (χ1) is 15.0. The van der Waals surface area contributed by atoms with E-state index >= 15 is 0 Å². The summed E-state index contributed by atoms with van der Waals surface area (Å²) in [7, 11) is 0. The van der Waals surface area contributed by atoms with Gasteiger partial charge in [0, 0.05) is 29.5 Å². The fourth-order valence-electron chi connectivity index (χ4n) is 3.84. The van der Waals surface area contributed by atoms with E-state index in [4.69, 9.17) is 16.3 Å². The van der Waals surface area contributed by atoms with Crippen molar-refractivity contribution in [3.63, 3.8) is 0 Å². The van der Waals surface area contributed by atoms with Crippen LogP contribution in [0.4, 0.5) is 13.2 Å². The average molecular weight is 472 g/mol. The molecule has 10 heteroatoms. The van der Waals surface area contributed by atoms with Crippen molar-refractivity contribution < 1.29 is 22.7 Å². The molecule has 2 aromatic rings. The van der Waals surface area contributed by atoms with E-state index in [1.807, 2.05) is 13.8 Å². The summed E-state index contributed by atoms with van der Waals surface area (Å²) in [6.07, 6.45) is -5.64. The lowest BCUT2D eigenvalue weighted by molar-refractivity contribution is -0.145. The fraction of sp³-hybridized carbons (Fsp3) is 0.500. The third kappa shape index (κ3) is 6.10. The van der Waals surface area contributed by atoms with Crippen molar-refractivity contribution in [1.82, 2.24) is 14.5 Å². The number of hydrogen-bond donors (Lipinski definition) is 0. The van der Waals surface area contributed by atoms with Crippen molar-refractivity contribution in [2.24, 2.45) is 0 Å². The molecule has 0 saturated carbocycles. The van der Waals surface area contributed by atoms with Gasteiger partial charge >= 0.3 is 6.18 Å². The van der Waals surface area contributed by atoms with E-state index in [1.54, 1.807) is 29.2 Å². The third-order valence-corrected chi connectivity index (χ3v) is 5.59. The molecule has 1 aromatic heterocycles. The lowest BCUT2D eigenvalue weighted by Crippen LogP contribution is -2.54. The molecular formula is C22H25ClF3N3O3. The molecule has 0 aliphatic carbocycles. The summed E-state index contributed by atoms with van der Waals surface area (Å²) in [6, 6.07) is 7.58. The first kappa shape index (κ1) is 24.3. The molecule has 0 N–H and O–H groups in total. The quantitative estimate of drug-likeness (QED) is 0.636. The smallest absolute Gasteiger partial charge is 0.377 e. The highest BCUT2D eigenvalue weighted by Gasteiger charge is 2.31. The number of morpholine rings is 1. The van der Waals surface area contributed by atoms with E-state index in [9.17, 15) is 22.8 Å². The number of alkyl halides is 3. The van der Waals surface area contributed by atoms with Crippen LogP contribution >= 0.6 is 11.6 Å². The number of ether oxygens (including phenoxy) is 1. The lowest BCUT2D eigenvalue weighted by atomic mass is 10.1. The van der Waals surface area contributed by atoms with Crippen molar-refractivity contribution >= 4 is 17.5 Å². The zero-order valence-electron chi connectivity index (χ0n) is 17.9. The van der Waals surface area contributed by atoms with Gasteiger partial charge in [0.1, 0.15) is 12.4 Å². The van der Waals surface area contributed by atoms with E-state index in [0.29, 0.717) is 29.5 Å². The summed E-state index contributed by atoms with van der Waals surface area (Å²) < 4.78 is 44.7. The van der Waals surface area contributed by atoms with Crippen molar-refractivity contribution in [2.75, 3.05) is 13.2 Å². The Morgan fingerprint density at radius 3 is 2.41 bits per heavy atom. The Labute approximate surface area is 189 Å². The number of halogens is 4. The molecule has 0 spiro atoms. The van der Waals surface area contributed by atoms with Crippen LogP contribution in [0.25, 0.3) is 11.3 Å². The van der Waals surface area contributed by atoms with E-state index in [-0.39, 0.29) is 43.2 Å². The molecule has 1 amide bonds. The topological polar surface area (TPSA) is 64.4 Å². The molecule has 174 valence electrons. The maximum Gasteiger partial charge on any atom is 0.389 e. The van der Waals surface area contributed by atoms with Gasteiger partial charge in [0.2, 0.25) is 5.91 Å². The van der Waals surface area contributed by atoms with Gasteiger partial charge in [0.25, 0.3) is 5.56 Å². The average Bonchev–Trinajstić information content (AvgIpc) is 2.69. The molecule has 0 bridgehead atoms. The van der Waals surface area contributed by atoms with Gasteiger partial charge < -0.3 is 9.64 Å². The Balaban J connectivity index is 1.93. The van der Waals surface area contributed by atoms with Gasteiger partial charge in [-0.25, -0.2) is 4.98 Å². The Hall–Kier alpha value is -2.39. The maximum atomic E-state index is 13.0. The molecule has 6 nitrogen and oxygen atoms in total. The molecule has 0 unspecified atom stereocenters. The number of aromatic nitrogens is 2. The van der Waals surface area contributed by atoms with E-state index in [0.717, 1.165) is 0 Å². The SMILES string of the molecule is C[C@@H]1COC[C@H](C)N1C(=O)Cn1c(CCCC(F)(F)F)nc(-c2ccc(Cl)cc2)cc1=O. The molecule has 32 heavy (non-hydrogen) atoms. The second-order valence-electron chi connectivity index (χ2n) is 7.99. The van der Waals surface area contributed by atoms with Crippen molar-refractivity contribution in [3.05, 3.63) is 51.5 Å². The summed E-state index contributed by atoms with van der Waals surface area (Å²) in [6.45, 7) is 4.18. The van der Waals surface area contributed by atoms with Crippen molar-refractivity contribution in [1.29, 1.82) is 0 Å². The summed E-state index contributed by atoms with van der Waals surface area (Å²) >= 11 is 5.91. The Kier molecular flexibility index (Phi) is 7.61. The van der Waals surface area contributed by atoms with Gasteiger partial charge in [-0.1, -0.05) is 23.7 Å². The van der Waals surface area contributed by atoms with E-state index < -0.39 is 18.2 Å². The van der Waals surface area contributed by atoms with Crippen LogP contribution in [-0.4, -0.2) is 51.8 Å². The molecule has 2 atom stereocenters. The minimum Gasteiger partial charge on any atom is -0.377 e. The Morgan fingerprint density at radius 2 is 1.81 bits per heavy atom. The summed E-state index contributed by atoms with van der Waals surface area (Å²) in [4.78, 5) is 32.0. The summed E-state index contributed by atoms with van der Waals surface area (Å²) in [5.74, 6) is -0.151. The molecule has 1 aromatic carbocycles. The molecule has 1 fully saturated rings. The Morgan fingerprint density at radius 1 is 1.19 bits per heavy atom. The van der Waals surface area contributed by atoms with Crippen LogP contribution in [0.2, 0.25) is 5.02 Å². The molecule has 2 heterocycles. The Bertz CT molecular complexity index is 998. The zero-order chi connectivity index (χ0) is 23.5. The van der Waals surface area contributed by atoms with Gasteiger partial charge in [0.15, 0.2) is 0 Å². The molecule has 3 rings (SSSR count). The highest BCUT2D eigenvalue weighted by molar-refractivity contribution is 6.30. The van der Waals surface area contributed by atoms with Gasteiger partial charge in [-0.3, -0.25) is 14.2 Å².